The Kier molecular flexibility index (Phi) is 8.25. The van der Waals surface area contributed by atoms with Crippen LogP contribution in [0.2, 0.25) is 0 Å². The Morgan fingerprint density at radius 2 is 1.86 bits per heavy atom. The molecule has 0 saturated heterocycles. The summed E-state index contributed by atoms with van der Waals surface area (Å²) in [5.41, 5.74) is -2.27. The Morgan fingerprint density at radius 1 is 1.20 bits per heavy atom. The van der Waals surface area contributed by atoms with E-state index in [2.05, 4.69) is 6.58 Å². The number of hydrogen-bond donors (Lipinski definition) is 0. The van der Waals surface area contributed by atoms with Crippen molar-refractivity contribution in [3.8, 4) is 0 Å². The van der Waals surface area contributed by atoms with Gasteiger partial charge in [0, 0.05) is 22.7 Å². The lowest BCUT2D eigenvalue weighted by Crippen LogP contribution is -2.63. The fourth-order valence-corrected chi connectivity index (χ4v) is 7.42. The summed E-state index contributed by atoms with van der Waals surface area (Å²) in [6, 6.07) is 0. The molecule has 7 nitrogen and oxygen atoms in total. The van der Waals surface area contributed by atoms with Crippen molar-refractivity contribution >= 4 is 59.0 Å². The van der Waals surface area contributed by atoms with Gasteiger partial charge >= 0.3 is 11.9 Å². The summed E-state index contributed by atoms with van der Waals surface area (Å²) in [6.07, 6.45) is 1.16. The van der Waals surface area contributed by atoms with Crippen LogP contribution >= 0.6 is 34.8 Å². The maximum Gasteiger partial charge on any atom is 0.340 e. The second kappa shape index (κ2) is 10.2. The smallest absolute Gasteiger partial charge is 0.340 e. The third-order valence-corrected chi connectivity index (χ3v) is 9.86. The van der Waals surface area contributed by atoms with Gasteiger partial charge in [-0.05, 0) is 37.0 Å². The van der Waals surface area contributed by atoms with Gasteiger partial charge in [-0.3, -0.25) is 14.4 Å². The lowest BCUT2D eigenvalue weighted by atomic mass is 9.44. The van der Waals surface area contributed by atoms with Gasteiger partial charge < -0.3 is 14.2 Å². The summed E-state index contributed by atoms with van der Waals surface area (Å²) in [7, 11) is 0. The zero-order chi connectivity index (χ0) is 26.3. The Labute approximate surface area is 221 Å². The van der Waals surface area contributed by atoms with Crippen molar-refractivity contribution in [2.45, 2.75) is 76.5 Å². The SMILES string of the molecule is C=C[C@]1(C)C[C@@H](OC(=O)CCl)[C@@]2(C)[C@@H]3C(=O)[C@@H](OC(=O)C(Cl)Cl)C[C@@]3(CC[C@@H]2C)[C@@H](C)[C@@H]1OC=O. The monoisotopic (exact) mass is 550 g/mol. The molecular weight excluding hydrogens is 519 g/mol. The maximum absolute atomic E-state index is 14.0. The van der Waals surface area contributed by atoms with Crippen LogP contribution in [0.15, 0.2) is 12.7 Å². The van der Waals surface area contributed by atoms with E-state index >= 15 is 0 Å². The Bertz CT molecular complexity index is 894. The van der Waals surface area contributed by atoms with Gasteiger partial charge in [-0.1, -0.05) is 57.0 Å². The zero-order valence-corrected chi connectivity index (χ0v) is 22.7. The summed E-state index contributed by atoms with van der Waals surface area (Å²) in [6.45, 7) is 12.3. The number of ether oxygens (including phenoxy) is 3. The van der Waals surface area contributed by atoms with Crippen molar-refractivity contribution < 1.29 is 33.4 Å². The molecule has 9 atom stereocenters. The van der Waals surface area contributed by atoms with Crippen LogP contribution in [0.25, 0.3) is 0 Å². The third kappa shape index (κ3) is 4.50. The van der Waals surface area contributed by atoms with E-state index in [-0.39, 0.29) is 36.3 Å². The van der Waals surface area contributed by atoms with Gasteiger partial charge in [-0.2, -0.15) is 0 Å². The largest absolute Gasteiger partial charge is 0.463 e. The number of carbonyl (C=O) groups excluding carboxylic acids is 4. The Morgan fingerprint density at radius 3 is 2.40 bits per heavy atom. The van der Waals surface area contributed by atoms with Crippen molar-refractivity contribution in [3.63, 3.8) is 0 Å². The van der Waals surface area contributed by atoms with Crippen LogP contribution in [0.1, 0.15) is 53.4 Å². The topological polar surface area (TPSA) is 96.0 Å². The highest BCUT2D eigenvalue weighted by Gasteiger charge is 2.71. The number of hydrogen-bond acceptors (Lipinski definition) is 7. The minimum Gasteiger partial charge on any atom is -0.463 e. The van der Waals surface area contributed by atoms with E-state index in [0.717, 1.165) is 6.42 Å². The van der Waals surface area contributed by atoms with Crippen LogP contribution in [0.4, 0.5) is 0 Å². The van der Waals surface area contributed by atoms with Crippen LogP contribution in [0.3, 0.4) is 0 Å². The van der Waals surface area contributed by atoms with Gasteiger partial charge in [0.25, 0.3) is 6.47 Å². The molecule has 0 radical (unpaired) electrons. The molecule has 3 rings (SSSR count). The van der Waals surface area contributed by atoms with Gasteiger partial charge in [-0.15, -0.1) is 18.2 Å². The van der Waals surface area contributed by atoms with E-state index in [4.69, 9.17) is 49.0 Å². The molecule has 3 aliphatic rings. The first-order valence-corrected chi connectivity index (χ1v) is 13.2. The summed E-state index contributed by atoms with van der Waals surface area (Å²) >= 11 is 17.2. The van der Waals surface area contributed by atoms with E-state index in [9.17, 15) is 19.2 Å². The highest BCUT2D eigenvalue weighted by molar-refractivity contribution is 6.53. The second-order valence-corrected chi connectivity index (χ2v) is 12.1. The van der Waals surface area contributed by atoms with E-state index in [1.807, 2.05) is 27.7 Å². The first-order chi connectivity index (χ1) is 16.3. The minimum atomic E-state index is -1.42. The molecule has 0 aromatic carbocycles. The van der Waals surface area contributed by atoms with Crippen LogP contribution in [-0.4, -0.2) is 53.2 Å². The third-order valence-electron chi connectivity index (χ3n) is 9.29. The number of ketones is 1. The quantitative estimate of drug-likeness (QED) is 0.150. The highest BCUT2D eigenvalue weighted by atomic mass is 35.5. The molecule has 3 aliphatic carbocycles. The average molecular weight is 552 g/mol. The molecule has 0 aromatic rings. The van der Waals surface area contributed by atoms with Crippen LogP contribution in [0.5, 0.6) is 0 Å². The Hall–Kier alpha value is -1.31. The van der Waals surface area contributed by atoms with Gasteiger partial charge in [0.05, 0.1) is 0 Å². The molecule has 0 heterocycles. The van der Waals surface area contributed by atoms with Gasteiger partial charge in [0.15, 0.2) is 11.9 Å². The first-order valence-electron chi connectivity index (χ1n) is 11.8. The van der Waals surface area contributed by atoms with E-state index in [0.29, 0.717) is 12.9 Å². The molecule has 35 heavy (non-hydrogen) atoms. The molecule has 3 fully saturated rings. The predicted octanol–water partition coefficient (Wildman–Crippen LogP) is 4.64. The van der Waals surface area contributed by atoms with Crippen molar-refractivity contribution in [2.75, 3.05) is 5.88 Å². The summed E-state index contributed by atoms with van der Waals surface area (Å²) in [5.74, 6) is -3.02. The summed E-state index contributed by atoms with van der Waals surface area (Å²) in [5, 5.41) is 0. The molecule has 0 aromatic heterocycles. The second-order valence-electron chi connectivity index (χ2n) is 10.8. The fraction of sp³-hybridized carbons (Fsp3) is 0.760. The average Bonchev–Trinajstić information content (AvgIpc) is 3.11. The number of esters is 2. The molecule has 0 aliphatic heterocycles. The fourth-order valence-electron chi connectivity index (χ4n) is 7.26. The van der Waals surface area contributed by atoms with Crippen molar-refractivity contribution in [1.29, 1.82) is 0 Å². The normalized spacial score (nSPS) is 42.9. The van der Waals surface area contributed by atoms with E-state index in [1.54, 1.807) is 6.08 Å². The van der Waals surface area contributed by atoms with Crippen molar-refractivity contribution in [2.24, 2.45) is 34.0 Å². The van der Waals surface area contributed by atoms with Crippen molar-refractivity contribution in [1.82, 2.24) is 0 Å². The predicted molar refractivity (Wildman–Crippen MR) is 131 cm³/mol. The number of alkyl halides is 3. The molecule has 2 bridgehead atoms. The number of halogens is 3. The maximum atomic E-state index is 14.0. The molecular formula is C25H33Cl3O7. The van der Waals surface area contributed by atoms with Crippen LogP contribution in [-0.2, 0) is 33.4 Å². The lowest BCUT2D eigenvalue weighted by molar-refractivity contribution is -0.209. The zero-order valence-electron chi connectivity index (χ0n) is 20.4. The van der Waals surface area contributed by atoms with Crippen molar-refractivity contribution in [3.05, 3.63) is 12.7 Å². The standard InChI is InChI=1S/C25H33Cl3O7/c1-6-23(4)10-16(35-17(30)11-26)24(5)13(2)7-8-25(14(3)20(23)33-12-29)9-15(18(31)19(24)25)34-22(32)21(27)28/h6,12-16,19-21H,1,7-11H2,2-5H3/t13-,14-,15-,16+,19-,20-,23+,24-,25-/m0/s1. The molecule has 3 saturated carbocycles. The Balaban J connectivity index is 2.24. The number of rotatable bonds is 7. The van der Waals surface area contributed by atoms with Gasteiger partial charge in [0.2, 0.25) is 4.84 Å². The number of carbonyl (C=O) groups is 4. The first kappa shape index (κ1) is 28.3. The highest BCUT2D eigenvalue weighted by Crippen LogP contribution is 2.68. The molecule has 0 amide bonds. The summed E-state index contributed by atoms with van der Waals surface area (Å²) in [4.78, 5) is 48.9. The van der Waals surface area contributed by atoms with Crippen LogP contribution in [0, 0.1) is 34.0 Å². The van der Waals surface area contributed by atoms with Crippen LogP contribution < -0.4 is 0 Å². The molecule has 10 heteroatoms. The molecule has 0 unspecified atom stereocenters. The lowest BCUT2D eigenvalue weighted by Gasteiger charge is -2.61. The van der Waals surface area contributed by atoms with Gasteiger partial charge in [0.1, 0.15) is 18.1 Å². The summed E-state index contributed by atoms with van der Waals surface area (Å²) < 4.78 is 17.1. The number of Topliss-reactive ketones (excluding diaryl/α,β-unsaturated/α-hetero) is 1. The molecule has 196 valence electrons. The van der Waals surface area contributed by atoms with E-state index < -0.39 is 57.2 Å². The molecule has 0 N–H and O–H groups in total. The molecule has 0 spiro atoms. The van der Waals surface area contributed by atoms with Gasteiger partial charge in [-0.25, -0.2) is 4.79 Å². The minimum absolute atomic E-state index is 0.00856. The van der Waals surface area contributed by atoms with E-state index in [1.165, 1.54) is 0 Å².